The Bertz CT molecular complexity index is 377. The second-order valence-electron chi connectivity index (χ2n) is 10.6. The van der Waals surface area contributed by atoms with Crippen molar-refractivity contribution in [3.8, 4) is 0 Å². The van der Waals surface area contributed by atoms with Crippen molar-refractivity contribution in [1.82, 2.24) is 0 Å². The molecule has 0 aliphatic carbocycles. The van der Waals surface area contributed by atoms with Gasteiger partial charge in [0.15, 0.2) is 0 Å². The summed E-state index contributed by atoms with van der Waals surface area (Å²) >= 11 is 0. The molecule has 192 valence electrons. The summed E-state index contributed by atoms with van der Waals surface area (Å²) in [5.74, 6) is 0.851. The van der Waals surface area contributed by atoms with Gasteiger partial charge in [-0.05, 0) is 38.0 Å². The molecule has 0 aromatic carbocycles. The van der Waals surface area contributed by atoms with Gasteiger partial charge in [-0.2, -0.15) is 0 Å². The Hall–Kier alpha value is -0.530. The zero-order valence-corrected chi connectivity index (χ0v) is 22.7. The molecule has 2 nitrogen and oxygen atoms in total. The Morgan fingerprint density at radius 2 is 0.906 bits per heavy atom. The van der Waals surface area contributed by atoms with E-state index in [1.165, 1.54) is 122 Å². The number of unbranched alkanes of at least 4 members (excludes halogenated alkanes) is 16. The molecule has 0 spiro atoms. The number of carbonyl (C=O) groups excluding carboxylic acids is 1. The maximum Gasteiger partial charge on any atom is 0.306 e. The van der Waals surface area contributed by atoms with E-state index >= 15 is 0 Å². The van der Waals surface area contributed by atoms with E-state index in [0.29, 0.717) is 6.42 Å². The van der Waals surface area contributed by atoms with Gasteiger partial charge in [0.1, 0.15) is 6.10 Å². The van der Waals surface area contributed by atoms with Crippen LogP contribution in [0.5, 0.6) is 0 Å². The molecule has 0 aliphatic heterocycles. The van der Waals surface area contributed by atoms with Gasteiger partial charge in [0.2, 0.25) is 0 Å². The lowest BCUT2D eigenvalue weighted by Crippen LogP contribution is -2.18. The smallest absolute Gasteiger partial charge is 0.306 e. The monoisotopic (exact) mass is 452 g/mol. The average molecular weight is 453 g/mol. The minimum Gasteiger partial charge on any atom is -0.462 e. The first-order chi connectivity index (χ1) is 15.6. The van der Waals surface area contributed by atoms with Gasteiger partial charge >= 0.3 is 5.97 Å². The van der Waals surface area contributed by atoms with Gasteiger partial charge in [0.05, 0.1) is 0 Å². The average Bonchev–Trinajstić information content (AvgIpc) is 2.76. The molecule has 1 atom stereocenters. The molecular weight excluding hydrogens is 392 g/mol. The predicted octanol–water partition coefficient (Wildman–Crippen LogP) is 10.6. The van der Waals surface area contributed by atoms with E-state index < -0.39 is 0 Å². The van der Waals surface area contributed by atoms with Crippen molar-refractivity contribution in [3.05, 3.63) is 0 Å². The minimum absolute atomic E-state index is 0.0563. The number of rotatable bonds is 25. The molecule has 0 aliphatic rings. The zero-order chi connectivity index (χ0) is 23.7. The molecule has 0 amide bonds. The van der Waals surface area contributed by atoms with Crippen LogP contribution >= 0.6 is 0 Å². The summed E-state index contributed by atoms with van der Waals surface area (Å²) in [4.78, 5) is 12.4. The van der Waals surface area contributed by atoms with Crippen molar-refractivity contribution < 1.29 is 9.53 Å². The molecular formula is C30H60O2. The predicted molar refractivity (Wildman–Crippen MR) is 142 cm³/mol. The van der Waals surface area contributed by atoms with Crippen LogP contribution in [0.2, 0.25) is 0 Å². The van der Waals surface area contributed by atoms with Crippen LogP contribution in [0.1, 0.15) is 175 Å². The first-order valence-corrected chi connectivity index (χ1v) is 14.8. The lowest BCUT2D eigenvalue weighted by Gasteiger charge is -2.18. The van der Waals surface area contributed by atoms with Gasteiger partial charge < -0.3 is 4.74 Å². The molecule has 0 aromatic heterocycles. The summed E-state index contributed by atoms with van der Waals surface area (Å²) in [5.41, 5.74) is 0. The molecule has 0 bridgehead atoms. The Labute approximate surface area is 203 Å². The molecule has 0 heterocycles. The van der Waals surface area contributed by atoms with Crippen molar-refractivity contribution in [3.63, 3.8) is 0 Å². The van der Waals surface area contributed by atoms with Crippen LogP contribution in [0, 0.1) is 5.92 Å². The summed E-state index contributed by atoms with van der Waals surface area (Å²) in [6.07, 6.45) is 29.0. The quantitative estimate of drug-likeness (QED) is 0.102. The van der Waals surface area contributed by atoms with Crippen LogP contribution in [0.15, 0.2) is 0 Å². The normalized spacial score (nSPS) is 12.4. The van der Waals surface area contributed by atoms with E-state index in [2.05, 4.69) is 27.7 Å². The number of ether oxygens (including phenoxy) is 1. The second-order valence-corrected chi connectivity index (χ2v) is 10.6. The Balaban J connectivity index is 4.01. The Morgan fingerprint density at radius 1 is 0.531 bits per heavy atom. The van der Waals surface area contributed by atoms with Gasteiger partial charge in [0.25, 0.3) is 0 Å². The first kappa shape index (κ1) is 31.5. The van der Waals surface area contributed by atoms with Gasteiger partial charge in [-0.25, -0.2) is 0 Å². The first-order valence-electron chi connectivity index (χ1n) is 14.8. The van der Waals surface area contributed by atoms with Crippen molar-refractivity contribution in [2.75, 3.05) is 0 Å². The molecule has 0 N–H and O–H groups in total. The van der Waals surface area contributed by atoms with Crippen LogP contribution in [0.25, 0.3) is 0 Å². The van der Waals surface area contributed by atoms with Gasteiger partial charge in [-0.1, -0.05) is 137 Å². The molecule has 0 rings (SSSR count). The molecule has 0 saturated carbocycles. The molecule has 1 unspecified atom stereocenters. The summed E-state index contributed by atoms with van der Waals surface area (Å²) in [6.45, 7) is 9.12. The van der Waals surface area contributed by atoms with Crippen LogP contribution < -0.4 is 0 Å². The Kier molecular flexibility index (Phi) is 24.7. The van der Waals surface area contributed by atoms with E-state index in [1.54, 1.807) is 0 Å². The lowest BCUT2D eigenvalue weighted by atomic mass is 10.0. The van der Waals surface area contributed by atoms with Gasteiger partial charge in [-0.3, -0.25) is 4.79 Å². The molecule has 0 fully saturated rings. The summed E-state index contributed by atoms with van der Waals surface area (Å²) in [7, 11) is 0. The van der Waals surface area contributed by atoms with E-state index in [-0.39, 0.29) is 12.1 Å². The summed E-state index contributed by atoms with van der Waals surface area (Å²) in [5, 5.41) is 0. The van der Waals surface area contributed by atoms with Crippen molar-refractivity contribution in [1.29, 1.82) is 0 Å². The van der Waals surface area contributed by atoms with Crippen molar-refractivity contribution in [2.24, 2.45) is 5.92 Å². The highest BCUT2D eigenvalue weighted by molar-refractivity contribution is 5.69. The standard InChI is InChI=1S/C30H60O2/c1-5-7-9-11-13-14-15-17-22-26-29(25-21-16-12-10-8-6-2)32-30(31)27-23-19-18-20-24-28(3)4/h28-29H,5-27H2,1-4H3. The fourth-order valence-electron chi connectivity index (χ4n) is 4.52. The number of hydrogen-bond donors (Lipinski definition) is 0. The fraction of sp³-hybridized carbons (Fsp3) is 0.967. The zero-order valence-electron chi connectivity index (χ0n) is 22.7. The topological polar surface area (TPSA) is 26.3 Å². The second kappa shape index (κ2) is 25.1. The van der Waals surface area contributed by atoms with Crippen LogP contribution in [-0.4, -0.2) is 12.1 Å². The lowest BCUT2D eigenvalue weighted by molar-refractivity contribution is -0.150. The molecule has 0 saturated heterocycles. The van der Waals surface area contributed by atoms with E-state index in [4.69, 9.17) is 4.74 Å². The van der Waals surface area contributed by atoms with Gasteiger partial charge in [0, 0.05) is 6.42 Å². The molecule has 0 aromatic rings. The van der Waals surface area contributed by atoms with Gasteiger partial charge in [-0.15, -0.1) is 0 Å². The summed E-state index contributed by atoms with van der Waals surface area (Å²) < 4.78 is 5.96. The molecule has 2 heteroatoms. The van der Waals surface area contributed by atoms with E-state index in [1.807, 2.05) is 0 Å². The van der Waals surface area contributed by atoms with Crippen LogP contribution in [-0.2, 0) is 9.53 Å². The van der Waals surface area contributed by atoms with Crippen LogP contribution in [0.4, 0.5) is 0 Å². The Morgan fingerprint density at radius 3 is 1.34 bits per heavy atom. The maximum atomic E-state index is 12.4. The third kappa shape index (κ3) is 24.1. The highest BCUT2D eigenvalue weighted by Crippen LogP contribution is 2.18. The third-order valence-corrected chi connectivity index (χ3v) is 6.72. The van der Waals surface area contributed by atoms with E-state index in [0.717, 1.165) is 25.2 Å². The molecule has 32 heavy (non-hydrogen) atoms. The SMILES string of the molecule is CCCCCCCCCCCC(CCCCCCCC)OC(=O)CCCCCCC(C)C. The van der Waals surface area contributed by atoms with Crippen molar-refractivity contribution >= 4 is 5.97 Å². The largest absolute Gasteiger partial charge is 0.462 e. The molecule has 0 radical (unpaired) electrons. The minimum atomic E-state index is 0.0563. The van der Waals surface area contributed by atoms with Crippen LogP contribution in [0.3, 0.4) is 0 Å². The summed E-state index contributed by atoms with van der Waals surface area (Å²) in [6, 6.07) is 0. The number of hydrogen-bond acceptors (Lipinski definition) is 2. The highest BCUT2D eigenvalue weighted by Gasteiger charge is 2.14. The fourth-order valence-corrected chi connectivity index (χ4v) is 4.52. The number of carbonyl (C=O) groups is 1. The third-order valence-electron chi connectivity index (χ3n) is 6.72. The maximum absolute atomic E-state index is 12.4. The number of esters is 1. The van der Waals surface area contributed by atoms with Crippen molar-refractivity contribution in [2.45, 2.75) is 181 Å². The highest BCUT2D eigenvalue weighted by atomic mass is 16.5. The van der Waals surface area contributed by atoms with E-state index in [9.17, 15) is 4.79 Å².